The maximum Gasteiger partial charge on any atom is 0.255 e. The van der Waals surface area contributed by atoms with E-state index in [1.165, 1.54) is 0 Å². The molecule has 0 fully saturated rings. The summed E-state index contributed by atoms with van der Waals surface area (Å²) in [6, 6.07) is 3.62. The van der Waals surface area contributed by atoms with Crippen molar-refractivity contribution in [1.82, 2.24) is 9.88 Å². The summed E-state index contributed by atoms with van der Waals surface area (Å²) in [5, 5.41) is 0. The van der Waals surface area contributed by atoms with Crippen LogP contribution < -0.4 is 0 Å². The predicted molar refractivity (Wildman–Crippen MR) is 69.8 cm³/mol. The molecule has 0 unspecified atom stereocenters. The minimum Gasteiger partial charge on any atom is -0.338 e. The van der Waals surface area contributed by atoms with E-state index < -0.39 is 0 Å². The zero-order chi connectivity index (χ0) is 12.8. The van der Waals surface area contributed by atoms with Gasteiger partial charge < -0.3 is 4.90 Å². The number of nitrogens with zero attached hydrogens (tertiary/aromatic N) is 2. The van der Waals surface area contributed by atoms with E-state index in [0.29, 0.717) is 17.4 Å². The Morgan fingerprint density at radius 3 is 2.24 bits per heavy atom. The summed E-state index contributed by atoms with van der Waals surface area (Å²) in [7, 11) is 0. The number of hydrogen-bond acceptors (Lipinski definition) is 2. The molecule has 0 aromatic carbocycles. The molecule has 1 heterocycles. The first kappa shape index (κ1) is 13.7. The van der Waals surface area contributed by atoms with E-state index in [1.54, 1.807) is 18.5 Å². The molecule has 0 aliphatic carbocycles. The van der Waals surface area contributed by atoms with Gasteiger partial charge in [0.1, 0.15) is 0 Å². The summed E-state index contributed by atoms with van der Waals surface area (Å²) < 4.78 is 0. The van der Waals surface area contributed by atoms with Gasteiger partial charge in [0.05, 0.1) is 5.56 Å². The average Bonchev–Trinajstić information content (AvgIpc) is 2.27. The molecule has 0 radical (unpaired) electrons. The quantitative estimate of drug-likeness (QED) is 0.785. The van der Waals surface area contributed by atoms with E-state index in [0.717, 1.165) is 13.1 Å². The first-order chi connectivity index (χ1) is 8.00. The van der Waals surface area contributed by atoms with E-state index in [9.17, 15) is 4.79 Å². The van der Waals surface area contributed by atoms with Crippen LogP contribution in [0.15, 0.2) is 24.5 Å². The van der Waals surface area contributed by atoms with Gasteiger partial charge in [-0.15, -0.1) is 0 Å². The number of carbonyl (C=O) groups excluding carboxylic acids is 1. The van der Waals surface area contributed by atoms with Gasteiger partial charge in [-0.25, -0.2) is 0 Å². The molecule has 1 amide bonds. The molecule has 0 saturated carbocycles. The second-order valence-corrected chi connectivity index (χ2v) is 5.24. The van der Waals surface area contributed by atoms with Gasteiger partial charge in [-0.05, 0) is 24.0 Å². The zero-order valence-electron chi connectivity index (χ0n) is 11.2. The van der Waals surface area contributed by atoms with Crippen LogP contribution in [0.2, 0.25) is 0 Å². The zero-order valence-corrected chi connectivity index (χ0v) is 11.2. The lowest BCUT2D eigenvalue weighted by atomic mass is 10.1. The topological polar surface area (TPSA) is 33.2 Å². The molecule has 0 bridgehead atoms. The molecule has 1 rings (SSSR count). The summed E-state index contributed by atoms with van der Waals surface area (Å²) in [5.41, 5.74) is 0.675. The van der Waals surface area contributed by atoms with E-state index in [2.05, 4.69) is 32.7 Å². The first-order valence-electron chi connectivity index (χ1n) is 6.20. The summed E-state index contributed by atoms with van der Waals surface area (Å²) in [5.74, 6) is 1.05. The van der Waals surface area contributed by atoms with Crippen molar-refractivity contribution in [3.8, 4) is 0 Å². The van der Waals surface area contributed by atoms with Crippen LogP contribution in [0, 0.1) is 11.8 Å². The molecule has 0 atom stereocenters. The summed E-state index contributed by atoms with van der Waals surface area (Å²) in [6.45, 7) is 10.1. The largest absolute Gasteiger partial charge is 0.338 e. The van der Waals surface area contributed by atoms with E-state index >= 15 is 0 Å². The molecule has 94 valence electrons. The van der Waals surface area contributed by atoms with Gasteiger partial charge in [-0.3, -0.25) is 9.78 Å². The van der Waals surface area contributed by atoms with Crippen LogP contribution in [0.5, 0.6) is 0 Å². The Bertz CT molecular complexity index is 336. The van der Waals surface area contributed by atoms with E-state index in [-0.39, 0.29) is 5.91 Å². The number of amides is 1. The van der Waals surface area contributed by atoms with Crippen molar-refractivity contribution in [2.45, 2.75) is 27.7 Å². The lowest BCUT2D eigenvalue weighted by molar-refractivity contribution is 0.0714. The third kappa shape index (κ3) is 4.55. The smallest absolute Gasteiger partial charge is 0.255 e. The normalized spacial score (nSPS) is 10.9. The van der Waals surface area contributed by atoms with Gasteiger partial charge in [0, 0.05) is 25.5 Å². The Labute approximate surface area is 104 Å². The van der Waals surface area contributed by atoms with Gasteiger partial charge >= 0.3 is 0 Å². The van der Waals surface area contributed by atoms with Crippen molar-refractivity contribution in [3.63, 3.8) is 0 Å². The maximum absolute atomic E-state index is 12.3. The molecule has 0 saturated heterocycles. The van der Waals surface area contributed by atoms with Crippen LogP contribution in [0.3, 0.4) is 0 Å². The Balaban J connectivity index is 2.79. The summed E-state index contributed by atoms with van der Waals surface area (Å²) in [4.78, 5) is 18.2. The fraction of sp³-hybridized carbons (Fsp3) is 0.571. The third-order valence-electron chi connectivity index (χ3n) is 2.37. The van der Waals surface area contributed by atoms with Crippen molar-refractivity contribution >= 4 is 5.91 Å². The monoisotopic (exact) mass is 234 g/mol. The number of carbonyl (C=O) groups is 1. The highest BCUT2D eigenvalue weighted by Gasteiger charge is 2.17. The minimum atomic E-state index is 0.0838. The third-order valence-corrected chi connectivity index (χ3v) is 2.37. The van der Waals surface area contributed by atoms with Crippen LogP contribution in [0.25, 0.3) is 0 Å². The number of pyridine rings is 1. The molecule has 0 aliphatic rings. The standard InChI is InChI=1S/C14H22N2O/c1-11(2)9-16(10-12(3)4)14(17)13-6-5-7-15-8-13/h5-8,11-12H,9-10H2,1-4H3. The Hall–Kier alpha value is -1.38. The van der Waals surface area contributed by atoms with Crippen molar-refractivity contribution in [3.05, 3.63) is 30.1 Å². The average molecular weight is 234 g/mol. The van der Waals surface area contributed by atoms with Crippen LogP contribution in [0.1, 0.15) is 38.1 Å². The van der Waals surface area contributed by atoms with Crippen molar-refractivity contribution in [1.29, 1.82) is 0 Å². The van der Waals surface area contributed by atoms with E-state index in [1.807, 2.05) is 11.0 Å². The van der Waals surface area contributed by atoms with Crippen molar-refractivity contribution < 1.29 is 4.79 Å². The highest BCUT2D eigenvalue weighted by Crippen LogP contribution is 2.09. The highest BCUT2D eigenvalue weighted by atomic mass is 16.2. The van der Waals surface area contributed by atoms with Gasteiger partial charge in [0.2, 0.25) is 0 Å². The molecular weight excluding hydrogens is 212 g/mol. The lowest BCUT2D eigenvalue weighted by Gasteiger charge is -2.26. The molecule has 3 nitrogen and oxygen atoms in total. The Morgan fingerprint density at radius 1 is 1.24 bits per heavy atom. The van der Waals surface area contributed by atoms with Gasteiger partial charge in [0.15, 0.2) is 0 Å². The van der Waals surface area contributed by atoms with Crippen molar-refractivity contribution in [2.24, 2.45) is 11.8 Å². The molecule has 0 spiro atoms. The Kier molecular flexibility index (Phi) is 5.13. The van der Waals surface area contributed by atoms with Crippen LogP contribution in [-0.2, 0) is 0 Å². The maximum atomic E-state index is 12.3. The molecule has 3 heteroatoms. The van der Waals surface area contributed by atoms with Crippen LogP contribution >= 0.6 is 0 Å². The number of aromatic nitrogens is 1. The highest BCUT2D eigenvalue weighted by molar-refractivity contribution is 5.93. The fourth-order valence-corrected chi connectivity index (χ4v) is 1.79. The SMILES string of the molecule is CC(C)CN(CC(C)C)C(=O)c1cccnc1. The van der Waals surface area contributed by atoms with Crippen LogP contribution in [-0.4, -0.2) is 28.9 Å². The second kappa shape index (κ2) is 6.38. The Morgan fingerprint density at radius 2 is 1.82 bits per heavy atom. The van der Waals surface area contributed by atoms with Gasteiger partial charge in [-0.1, -0.05) is 27.7 Å². The number of rotatable bonds is 5. The first-order valence-corrected chi connectivity index (χ1v) is 6.20. The molecule has 1 aromatic rings. The fourth-order valence-electron chi connectivity index (χ4n) is 1.79. The van der Waals surface area contributed by atoms with Crippen LogP contribution in [0.4, 0.5) is 0 Å². The minimum absolute atomic E-state index is 0.0838. The molecule has 17 heavy (non-hydrogen) atoms. The molecule has 0 aliphatic heterocycles. The summed E-state index contributed by atoms with van der Waals surface area (Å²) in [6.07, 6.45) is 3.32. The molecule has 1 aromatic heterocycles. The lowest BCUT2D eigenvalue weighted by Crippen LogP contribution is -2.37. The van der Waals surface area contributed by atoms with Gasteiger partial charge in [0.25, 0.3) is 5.91 Å². The number of hydrogen-bond donors (Lipinski definition) is 0. The molecule has 0 N–H and O–H groups in total. The molecular formula is C14H22N2O. The summed E-state index contributed by atoms with van der Waals surface area (Å²) >= 11 is 0. The second-order valence-electron chi connectivity index (χ2n) is 5.24. The van der Waals surface area contributed by atoms with Crippen molar-refractivity contribution in [2.75, 3.05) is 13.1 Å². The van der Waals surface area contributed by atoms with Gasteiger partial charge in [-0.2, -0.15) is 0 Å². The predicted octanol–water partition coefficient (Wildman–Crippen LogP) is 2.84. The van der Waals surface area contributed by atoms with E-state index in [4.69, 9.17) is 0 Å².